The summed E-state index contributed by atoms with van der Waals surface area (Å²) in [6.45, 7) is 4.02. The minimum atomic E-state index is -4.85. The molecule has 2 atom stereocenters. The third-order valence-corrected chi connectivity index (χ3v) is 6.77. The zero-order valence-electron chi connectivity index (χ0n) is 19.6. The molecule has 11 heteroatoms. The van der Waals surface area contributed by atoms with Gasteiger partial charge in [0.15, 0.2) is 17.3 Å². The van der Waals surface area contributed by atoms with Crippen molar-refractivity contribution in [2.75, 3.05) is 0 Å². The summed E-state index contributed by atoms with van der Waals surface area (Å²) in [5.74, 6) is -3.50. The molecule has 192 valence electrons. The molecule has 2 aliphatic heterocycles. The van der Waals surface area contributed by atoms with Crippen LogP contribution in [0.1, 0.15) is 53.4 Å². The summed E-state index contributed by atoms with van der Waals surface area (Å²) in [7, 11) is 0. The number of hydrogen-bond donors (Lipinski definition) is 2. The van der Waals surface area contributed by atoms with Crippen molar-refractivity contribution in [3.8, 4) is 23.0 Å². The summed E-state index contributed by atoms with van der Waals surface area (Å²) in [5, 5.41) is 21.4. The monoisotopic (exact) mass is 516 g/mol. The van der Waals surface area contributed by atoms with Crippen LogP contribution in [0.25, 0.3) is 0 Å². The number of carbonyl (C=O) groups is 3. The molecule has 0 aromatic heterocycles. The number of halogens is 3. The number of phenolic OH excluding ortho intramolecular Hbond substituents is 1. The number of phenols is 1. The van der Waals surface area contributed by atoms with Gasteiger partial charge in [-0.15, -0.1) is 13.2 Å². The zero-order valence-corrected chi connectivity index (χ0v) is 19.6. The van der Waals surface area contributed by atoms with Crippen LogP contribution in [-0.4, -0.2) is 33.9 Å². The van der Waals surface area contributed by atoms with E-state index in [1.807, 2.05) is 0 Å². The number of aliphatic hydroxyl groups is 1. The standard InChI is InChI=1S/C26H19F3O8/c1-10-21(33)20-23(36-17-9-15(32)18(11(2)30)24(34)25(17,20)3)19-14(31)8-16(35-22(10)19)12-4-6-13(7-5-12)37-26(27,28)29/h4-7,9,16,32-33H,8H2,1-3H3/t16?,25-/m1/s1. The van der Waals surface area contributed by atoms with Crippen molar-refractivity contribution in [3.05, 3.63) is 69.7 Å². The third-order valence-electron chi connectivity index (χ3n) is 6.77. The number of carbonyl (C=O) groups excluding carboxylic acids is 3. The lowest BCUT2D eigenvalue weighted by atomic mass is 9.70. The van der Waals surface area contributed by atoms with Gasteiger partial charge in [-0.2, -0.15) is 0 Å². The molecule has 0 saturated carbocycles. The van der Waals surface area contributed by atoms with Crippen molar-refractivity contribution in [2.45, 2.75) is 45.1 Å². The first-order valence-electron chi connectivity index (χ1n) is 11.1. The summed E-state index contributed by atoms with van der Waals surface area (Å²) in [6, 6.07) is 4.86. The van der Waals surface area contributed by atoms with E-state index in [4.69, 9.17) is 9.47 Å². The van der Waals surface area contributed by atoms with Gasteiger partial charge in [-0.25, -0.2) is 0 Å². The molecular weight excluding hydrogens is 497 g/mol. The van der Waals surface area contributed by atoms with Crippen LogP contribution in [0.15, 0.2) is 47.4 Å². The molecule has 2 heterocycles. The summed E-state index contributed by atoms with van der Waals surface area (Å²) in [5.41, 5.74) is -1.63. The van der Waals surface area contributed by atoms with E-state index in [2.05, 4.69) is 4.74 Å². The highest BCUT2D eigenvalue weighted by molar-refractivity contribution is 6.26. The van der Waals surface area contributed by atoms with Crippen LogP contribution < -0.4 is 14.2 Å². The van der Waals surface area contributed by atoms with Crippen LogP contribution in [0.3, 0.4) is 0 Å². The van der Waals surface area contributed by atoms with Gasteiger partial charge in [-0.3, -0.25) is 14.4 Å². The van der Waals surface area contributed by atoms with Crippen LogP contribution >= 0.6 is 0 Å². The molecule has 2 aromatic carbocycles. The second-order valence-corrected chi connectivity index (χ2v) is 9.11. The Morgan fingerprint density at radius 1 is 1.14 bits per heavy atom. The second-order valence-electron chi connectivity index (χ2n) is 9.11. The number of benzene rings is 2. The predicted molar refractivity (Wildman–Crippen MR) is 120 cm³/mol. The third kappa shape index (κ3) is 3.56. The number of fused-ring (bicyclic) bond motifs is 5. The van der Waals surface area contributed by atoms with Crippen molar-refractivity contribution in [1.82, 2.24) is 0 Å². The molecule has 3 aliphatic rings. The van der Waals surface area contributed by atoms with Crippen molar-refractivity contribution < 1.29 is 52.0 Å². The molecule has 0 radical (unpaired) electrons. The first-order chi connectivity index (χ1) is 17.2. The Bertz CT molecular complexity index is 1470. The van der Waals surface area contributed by atoms with Crippen molar-refractivity contribution in [2.24, 2.45) is 0 Å². The Morgan fingerprint density at radius 3 is 2.38 bits per heavy atom. The van der Waals surface area contributed by atoms with Crippen LogP contribution in [0.2, 0.25) is 0 Å². The molecule has 1 unspecified atom stereocenters. The average Bonchev–Trinajstić information content (AvgIpc) is 3.09. The predicted octanol–water partition coefficient (Wildman–Crippen LogP) is 4.82. The minimum Gasteiger partial charge on any atom is -0.507 e. The first-order valence-corrected chi connectivity index (χ1v) is 11.1. The van der Waals surface area contributed by atoms with Crippen molar-refractivity contribution in [3.63, 3.8) is 0 Å². The Morgan fingerprint density at radius 2 is 1.78 bits per heavy atom. The Balaban J connectivity index is 1.57. The highest BCUT2D eigenvalue weighted by atomic mass is 19.4. The molecule has 0 bridgehead atoms. The van der Waals surface area contributed by atoms with Gasteiger partial charge >= 0.3 is 6.36 Å². The van der Waals surface area contributed by atoms with Crippen LogP contribution in [0.5, 0.6) is 23.0 Å². The largest absolute Gasteiger partial charge is 0.573 e. The lowest BCUT2D eigenvalue weighted by Crippen LogP contribution is -2.38. The lowest BCUT2D eigenvalue weighted by molar-refractivity contribution is -0.274. The normalized spacial score (nSPS) is 22.4. The second kappa shape index (κ2) is 7.86. The molecule has 1 aliphatic carbocycles. The number of aromatic hydroxyl groups is 1. The Hall–Kier alpha value is -4.28. The molecule has 0 amide bonds. The Kier molecular flexibility index (Phi) is 5.19. The maximum absolute atomic E-state index is 13.3. The number of ketones is 3. The van der Waals surface area contributed by atoms with E-state index in [0.29, 0.717) is 5.56 Å². The van der Waals surface area contributed by atoms with Crippen LogP contribution in [-0.2, 0) is 15.0 Å². The highest BCUT2D eigenvalue weighted by Crippen LogP contribution is 2.59. The van der Waals surface area contributed by atoms with Crippen molar-refractivity contribution >= 4 is 17.3 Å². The van der Waals surface area contributed by atoms with Gasteiger partial charge in [-0.1, -0.05) is 12.1 Å². The summed E-state index contributed by atoms with van der Waals surface area (Å²) in [4.78, 5) is 38.7. The fraction of sp³-hybridized carbons (Fsp3) is 0.269. The van der Waals surface area contributed by atoms with Gasteiger partial charge in [0, 0.05) is 11.6 Å². The number of alkyl halides is 3. The number of rotatable bonds is 3. The van der Waals surface area contributed by atoms with E-state index in [-0.39, 0.29) is 46.1 Å². The van der Waals surface area contributed by atoms with Crippen LogP contribution in [0, 0.1) is 6.92 Å². The van der Waals surface area contributed by atoms with Gasteiger partial charge < -0.3 is 24.4 Å². The number of hydrogen-bond acceptors (Lipinski definition) is 8. The fourth-order valence-corrected chi connectivity index (χ4v) is 4.95. The first kappa shape index (κ1) is 24.4. The SMILES string of the molecule is CC(=O)C1=C(O)C=C2Oc3c4c(c(C)c(O)c3[C@]2(C)C1=O)OC(c1ccc(OC(F)(F)F)cc1)CC4=O. The molecule has 8 nitrogen and oxygen atoms in total. The van der Waals surface area contributed by atoms with E-state index in [9.17, 15) is 37.8 Å². The van der Waals surface area contributed by atoms with Gasteiger partial charge in [0.2, 0.25) is 0 Å². The van der Waals surface area contributed by atoms with Gasteiger partial charge in [0.25, 0.3) is 0 Å². The van der Waals surface area contributed by atoms with E-state index in [1.165, 1.54) is 26.0 Å². The lowest BCUT2D eigenvalue weighted by Gasteiger charge is -2.30. The summed E-state index contributed by atoms with van der Waals surface area (Å²) < 4.78 is 53.1. The van der Waals surface area contributed by atoms with Gasteiger partial charge in [0.1, 0.15) is 57.2 Å². The topological polar surface area (TPSA) is 119 Å². The number of allylic oxidation sites excluding steroid dienone is 3. The Labute approximate surface area is 207 Å². The molecule has 2 N–H and O–H groups in total. The molecule has 5 rings (SSSR count). The fourth-order valence-electron chi connectivity index (χ4n) is 4.95. The average molecular weight is 516 g/mol. The van der Waals surface area contributed by atoms with E-state index >= 15 is 0 Å². The van der Waals surface area contributed by atoms with E-state index in [1.54, 1.807) is 0 Å². The quantitative estimate of drug-likeness (QED) is 0.558. The van der Waals surface area contributed by atoms with Gasteiger partial charge in [0.05, 0.1) is 12.0 Å². The smallest absolute Gasteiger partial charge is 0.507 e. The molecule has 2 aromatic rings. The number of Topliss-reactive ketones (excluding diaryl/α,β-unsaturated/α-hetero) is 3. The molecular formula is C26H19F3O8. The summed E-state index contributed by atoms with van der Waals surface area (Å²) in [6.07, 6.45) is -4.83. The van der Waals surface area contributed by atoms with Crippen LogP contribution in [0.4, 0.5) is 13.2 Å². The van der Waals surface area contributed by atoms with Gasteiger partial charge in [-0.05, 0) is 38.5 Å². The molecule has 0 fully saturated rings. The summed E-state index contributed by atoms with van der Waals surface area (Å²) >= 11 is 0. The highest BCUT2D eigenvalue weighted by Gasteiger charge is 2.56. The molecule has 0 spiro atoms. The number of ether oxygens (including phenoxy) is 3. The maximum atomic E-state index is 13.3. The maximum Gasteiger partial charge on any atom is 0.573 e. The zero-order chi connectivity index (χ0) is 27.0. The number of aliphatic hydroxyl groups excluding tert-OH is 1. The molecule has 37 heavy (non-hydrogen) atoms. The molecule has 0 saturated heterocycles. The minimum absolute atomic E-state index is 0.00705. The van der Waals surface area contributed by atoms with Crippen molar-refractivity contribution in [1.29, 1.82) is 0 Å². The van der Waals surface area contributed by atoms with E-state index in [0.717, 1.165) is 25.1 Å². The van der Waals surface area contributed by atoms with E-state index < -0.39 is 52.3 Å².